The Hall–Kier alpha value is -2.70. The highest BCUT2D eigenvalue weighted by atomic mass is 32.2. The van der Waals surface area contributed by atoms with Gasteiger partial charge in [-0.1, -0.05) is 0 Å². The minimum atomic E-state index is -4.46. The first-order valence-electron chi connectivity index (χ1n) is 9.35. The first-order valence-corrected chi connectivity index (χ1v) is 10.8. The lowest BCUT2D eigenvalue weighted by molar-refractivity contribution is -0.384. The molecule has 1 aliphatic rings. The van der Waals surface area contributed by atoms with E-state index in [0.717, 1.165) is 36.4 Å². The zero-order valence-electron chi connectivity index (χ0n) is 16.1. The number of nitrogens with one attached hydrogen (secondary N) is 2. The fraction of sp³-hybridized carbons (Fsp3) is 0.368. The fourth-order valence-corrected chi connectivity index (χ4v) is 4.26. The van der Waals surface area contributed by atoms with Gasteiger partial charge in [0, 0.05) is 31.1 Å². The Morgan fingerprint density at radius 1 is 1.16 bits per heavy atom. The second-order valence-electron chi connectivity index (χ2n) is 7.03. The van der Waals surface area contributed by atoms with E-state index < -0.39 is 32.8 Å². The Morgan fingerprint density at radius 2 is 1.81 bits per heavy atom. The van der Waals surface area contributed by atoms with Crippen LogP contribution in [0.3, 0.4) is 0 Å². The molecule has 0 aliphatic carbocycles. The smallest absolute Gasteiger partial charge is 0.416 e. The first-order chi connectivity index (χ1) is 14.6. The molecule has 1 saturated heterocycles. The molecule has 8 nitrogen and oxygen atoms in total. The maximum Gasteiger partial charge on any atom is 0.416 e. The van der Waals surface area contributed by atoms with Crippen molar-refractivity contribution in [1.82, 2.24) is 10.0 Å². The van der Waals surface area contributed by atoms with Crippen LogP contribution < -0.4 is 14.8 Å². The lowest BCUT2D eigenvalue weighted by Crippen LogP contribution is -2.40. The molecular formula is C19H20F3N3O5S. The predicted octanol–water partition coefficient (Wildman–Crippen LogP) is 2.95. The number of ether oxygens (including phenoxy) is 1. The molecule has 0 saturated carbocycles. The lowest BCUT2D eigenvalue weighted by Gasteiger charge is -2.25. The van der Waals surface area contributed by atoms with Crippen LogP contribution in [-0.4, -0.2) is 39.1 Å². The van der Waals surface area contributed by atoms with Gasteiger partial charge in [-0.3, -0.25) is 10.1 Å². The number of nitro groups is 1. The van der Waals surface area contributed by atoms with Crippen LogP contribution in [0.5, 0.6) is 5.75 Å². The van der Waals surface area contributed by atoms with Crippen LogP contribution in [0.1, 0.15) is 12.0 Å². The molecule has 1 unspecified atom stereocenters. The van der Waals surface area contributed by atoms with Crippen molar-refractivity contribution in [2.75, 3.05) is 19.6 Å². The molecule has 31 heavy (non-hydrogen) atoms. The standard InChI is InChI=1S/C19H20F3N3O5S/c20-19(21,22)14-1-5-16(6-2-14)30-18(13-9-10-23-11-13)12-24-31(28,29)17-7-3-15(4-8-17)25(26)27/h1-8,13,18,23-24H,9-12H2/t13?,18-/m1/s1. The number of sulfonamides is 1. The number of halogens is 3. The van der Waals surface area contributed by atoms with Gasteiger partial charge in [0.15, 0.2) is 0 Å². The summed E-state index contributed by atoms with van der Waals surface area (Å²) in [6.45, 7) is 1.17. The first kappa shape index (κ1) is 23.0. The van der Waals surface area contributed by atoms with E-state index in [9.17, 15) is 31.7 Å². The van der Waals surface area contributed by atoms with Gasteiger partial charge < -0.3 is 10.1 Å². The van der Waals surface area contributed by atoms with E-state index >= 15 is 0 Å². The van der Waals surface area contributed by atoms with Crippen LogP contribution in [-0.2, 0) is 16.2 Å². The van der Waals surface area contributed by atoms with Gasteiger partial charge in [-0.15, -0.1) is 0 Å². The van der Waals surface area contributed by atoms with Crippen molar-refractivity contribution < 1.29 is 31.2 Å². The van der Waals surface area contributed by atoms with Crippen LogP contribution in [0.2, 0.25) is 0 Å². The number of hydrogen-bond donors (Lipinski definition) is 2. The number of rotatable bonds is 8. The quantitative estimate of drug-likeness (QED) is 0.464. The largest absolute Gasteiger partial charge is 0.489 e. The summed E-state index contributed by atoms with van der Waals surface area (Å²) in [5.74, 6) is 0.140. The Balaban J connectivity index is 1.71. The summed E-state index contributed by atoms with van der Waals surface area (Å²) in [7, 11) is -3.97. The van der Waals surface area contributed by atoms with E-state index in [1.54, 1.807) is 0 Å². The molecular weight excluding hydrogens is 439 g/mol. The Kier molecular flexibility index (Phi) is 6.82. The van der Waals surface area contributed by atoms with Crippen LogP contribution in [0.25, 0.3) is 0 Å². The molecule has 3 rings (SSSR count). The third kappa shape index (κ3) is 5.93. The number of nitro benzene ring substituents is 1. The van der Waals surface area contributed by atoms with Gasteiger partial charge in [-0.25, -0.2) is 13.1 Å². The summed E-state index contributed by atoms with van der Waals surface area (Å²) in [5.41, 5.74) is -1.04. The van der Waals surface area contributed by atoms with E-state index in [1.807, 2.05) is 0 Å². The highest BCUT2D eigenvalue weighted by Crippen LogP contribution is 2.31. The van der Waals surface area contributed by atoms with E-state index in [-0.39, 0.29) is 28.8 Å². The molecule has 0 spiro atoms. The van der Waals surface area contributed by atoms with Gasteiger partial charge >= 0.3 is 6.18 Å². The monoisotopic (exact) mass is 459 g/mol. The van der Waals surface area contributed by atoms with Crippen molar-refractivity contribution in [3.63, 3.8) is 0 Å². The molecule has 1 aliphatic heterocycles. The van der Waals surface area contributed by atoms with E-state index in [0.29, 0.717) is 19.5 Å². The molecule has 2 N–H and O–H groups in total. The summed E-state index contributed by atoms with van der Waals surface area (Å²) in [4.78, 5) is 9.95. The summed E-state index contributed by atoms with van der Waals surface area (Å²) in [6, 6.07) is 8.64. The summed E-state index contributed by atoms with van der Waals surface area (Å²) in [5, 5.41) is 13.9. The average Bonchev–Trinajstić information content (AvgIpc) is 3.25. The maximum absolute atomic E-state index is 12.7. The van der Waals surface area contributed by atoms with Crippen molar-refractivity contribution in [1.29, 1.82) is 0 Å². The Bertz CT molecular complexity index is 1010. The van der Waals surface area contributed by atoms with Crippen molar-refractivity contribution in [2.24, 2.45) is 5.92 Å². The number of hydrogen-bond acceptors (Lipinski definition) is 6. The molecule has 1 fully saturated rings. The number of nitrogens with zero attached hydrogens (tertiary/aromatic N) is 1. The van der Waals surface area contributed by atoms with E-state index in [4.69, 9.17) is 4.74 Å². The molecule has 2 atom stereocenters. The number of non-ortho nitro benzene ring substituents is 1. The van der Waals surface area contributed by atoms with Crippen LogP contribution in [0.4, 0.5) is 18.9 Å². The van der Waals surface area contributed by atoms with Gasteiger partial charge in [0.1, 0.15) is 11.9 Å². The lowest BCUT2D eigenvalue weighted by atomic mass is 10.0. The topological polar surface area (TPSA) is 111 Å². The van der Waals surface area contributed by atoms with Crippen molar-refractivity contribution >= 4 is 15.7 Å². The molecule has 0 amide bonds. The van der Waals surface area contributed by atoms with Gasteiger partial charge in [-0.05, 0) is 49.4 Å². The highest BCUT2D eigenvalue weighted by molar-refractivity contribution is 7.89. The second-order valence-corrected chi connectivity index (χ2v) is 8.80. The molecule has 1 heterocycles. The number of benzene rings is 2. The Labute approximate surface area is 176 Å². The van der Waals surface area contributed by atoms with Crippen LogP contribution >= 0.6 is 0 Å². The van der Waals surface area contributed by atoms with E-state index in [2.05, 4.69) is 10.0 Å². The minimum absolute atomic E-state index is 0.0538. The summed E-state index contributed by atoms with van der Waals surface area (Å²) >= 11 is 0. The second kappa shape index (κ2) is 9.20. The predicted molar refractivity (Wildman–Crippen MR) is 105 cm³/mol. The SMILES string of the molecule is O=[N+]([O-])c1ccc(S(=O)(=O)NC[C@@H](Oc2ccc(C(F)(F)F)cc2)C2CCNC2)cc1. The zero-order valence-corrected chi connectivity index (χ0v) is 16.9. The minimum Gasteiger partial charge on any atom is -0.489 e. The normalized spacial score (nSPS) is 18.0. The molecule has 2 aromatic carbocycles. The summed E-state index contributed by atoms with van der Waals surface area (Å²) in [6.07, 6.45) is -4.38. The highest BCUT2D eigenvalue weighted by Gasteiger charge is 2.31. The average molecular weight is 459 g/mol. The van der Waals surface area contributed by atoms with Gasteiger partial charge in [0.25, 0.3) is 5.69 Å². The summed E-state index contributed by atoms with van der Waals surface area (Å²) < 4.78 is 71.6. The third-order valence-electron chi connectivity index (χ3n) is 4.93. The molecule has 168 valence electrons. The van der Waals surface area contributed by atoms with Crippen LogP contribution in [0, 0.1) is 16.0 Å². The number of alkyl halides is 3. The van der Waals surface area contributed by atoms with Crippen molar-refractivity contribution in [3.05, 3.63) is 64.2 Å². The van der Waals surface area contributed by atoms with Crippen LogP contribution in [0.15, 0.2) is 53.4 Å². The van der Waals surface area contributed by atoms with Gasteiger partial charge in [-0.2, -0.15) is 13.2 Å². The Morgan fingerprint density at radius 3 is 2.32 bits per heavy atom. The fourth-order valence-electron chi connectivity index (χ4n) is 3.22. The molecule has 0 bridgehead atoms. The van der Waals surface area contributed by atoms with Gasteiger partial charge in [0.05, 0.1) is 15.4 Å². The zero-order chi connectivity index (χ0) is 22.6. The molecule has 2 aromatic rings. The van der Waals surface area contributed by atoms with E-state index in [1.165, 1.54) is 12.1 Å². The molecule has 0 radical (unpaired) electrons. The molecule has 0 aromatic heterocycles. The van der Waals surface area contributed by atoms with Gasteiger partial charge in [0.2, 0.25) is 10.0 Å². The van der Waals surface area contributed by atoms with Crippen molar-refractivity contribution in [2.45, 2.75) is 23.6 Å². The third-order valence-corrected chi connectivity index (χ3v) is 6.37. The maximum atomic E-state index is 12.7. The molecule has 12 heteroatoms. The van der Waals surface area contributed by atoms with Crippen molar-refractivity contribution in [3.8, 4) is 5.75 Å².